The fraction of sp³-hybridized carbons (Fsp3) is 0.333. The lowest BCUT2D eigenvalue weighted by Crippen LogP contribution is -2.30. The fourth-order valence-corrected chi connectivity index (χ4v) is 4.29. The van der Waals surface area contributed by atoms with Crippen molar-refractivity contribution in [3.05, 3.63) is 59.5 Å². The van der Waals surface area contributed by atoms with Crippen LogP contribution in [-0.4, -0.2) is 48.7 Å². The Balaban J connectivity index is 1.50. The summed E-state index contributed by atoms with van der Waals surface area (Å²) in [6, 6.07) is 13.0. The van der Waals surface area contributed by atoms with Gasteiger partial charge in [-0.1, -0.05) is 12.1 Å². The van der Waals surface area contributed by atoms with Crippen molar-refractivity contribution in [2.75, 3.05) is 33.6 Å². The summed E-state index contributed by atoms with van der Waals surface area (Å²) in [5, 5.41) is 2.81. The van der Waals surface area contributed by atoms with E-state index < -0.39 is 10.8 Å². The normalized spacial score (nSPS) is 11.6. The summed E-state index contributed by atoms with van der Waals surface area (Å²) in [7, 11) is 3.34. The summed E-state index contributed by atoms with van der Waals surface area (Å²) in [4.78, 5) is 16.7. The van der Waals surface area contributed by atoms with E-state index in [0.29, 0.717) is 47.6 Å². The Labute approximate surface area is 195 Å². The van der Waals surface area contributed by atoms with E-state index in [4.69, 9.17) is 18.6 Å². The number of nitrogens with one attached hydrogen (secondary N) is 1. The topological polar surface area (TPSA) is 99.9 Å². The minimum absolute atomic E-state index is 0.104. The van der Waals surface area contributed by atoms with E-state index in [2.05, 4.69) is 10.3 Å². The minimum atomic E-state index is -1.41. The first-order chi connectivity index (χ1) is 15.9. The number of aryl methyl sites for hydroxylation is 1. The van der Waals surface area contributed by atoms with Crippen molar-refractivity contribution in [2.45, 2.75) is 19.1 Å². The van der Waals surface area contributed by atoms with Crippen LogP contribution in [0.4, 0.5) is 0 Å². The number of aromatic nitrogens is 1. The van der Waals surface area contributed by atoms with Gasteiger partial charge in [0.25, 0.3) is 0 Å². The van der Waals surface area contributed by atoms with Gasteiger partial charge in [-0.15, -0.1) is 0 Å². The number of oxazole rings is 1. The highest BCUT2D eigenvalue weighted by atomic mass is 32.2. The van der Waals surface area contributed by atoms with Crippen LogP contribution in [0.5, 0.6) is 17.2 Å². The molecule has 8 nitrogen and oxygen atoms in total. The summed E-state index contributed by atoms with van der Waals surface area (Å²) < 4.78 is 34.0. The highest BCUT2D eigenvalue weighted by Gasteiger charge is 2.16. The molecule has 0 aliphatic heterocycles. The predicted molar refractivity (Wildman–Crippen MR) is 126 cm³/mol. The van der Waals surface area contributed by atoms with Gasteiger partial charge in [0.05, 0.1) is 32.8 Å². The number of amides is 1. The highest BCUT2D eigenvalue weighted by molar-refractivity contribution is 7.84. The van der Waals surface area contributed by atoms with Crippen LogP contribution in [0.1, 0.15) is 17.0 Å². The number of carbonyl (C=O) groups excluding carboxylic acids is 1. The molecule has 1 aromatic heterocycles. The maximum absolute atomic E-state index is 12.5. The van der Waals surface area contributed by atoms with Crippen LogP contribution in [0.25, 0.3) is 11.5 Å². The van der Waals surface area contributed by atoms with Gasteiger partial charge in [0.15, 0.2) is 11.5 Å². The van der Waals surface area contributed by atoms with Gasteiger partial charge in [-0.3, -0.25) is 9.00 Å². The van der Waals surface area contributed by atoms with Crippen LogP contribution in [0.2, 0.25) is 0 Å². The Bertz CT molecular complexity index is 1130. The zero-order valence-corrected chi connectivity index (χ0v) is 20.0. The molecule has 0 aliphatic rings. The minimum Gasteiger partial charge on any atom is -0.497 e. The first-order valence-corrected chi connectivity index (χ1v) is 11.9. The highest BCUT2D eigenvalue weighted by Crippen LogP contribution is 2.28. The second kappa shape index (κ2) is 11.5. The molecule has 2 aromatic carbocycles. The van der Waals surface area contributed by atoms with Crippen molar-refractivity contribution in [1.82, 2.24) is 10.3 Å². The number of methoxy groups -OCH3 is 3. The number of ether oxygens (including phenoxy) is 3. The Morgan fingerprint density at radius 3 is 2.58 bits per heavy atom. The quantitative estimate of drug-likeness (QED) is 0.457. The van der Waals surface area contributed by atoms with Gasteiger partial charge in [-0.05, 0) is 49.2 Å². The summed E-state index contributed by atoms with van der Waals surface area (Å²) in [5.41, 5.74) is 2.34. The lowest BCUT2D eigenvalue weighted by atomic mass is 10.1. The number of nitrogens with zero attached hydrogens (tertiary/aromatic N) is 1. The Morgan fingerprint density at radius 2 is 1.85 bits per heavy atom. The van der Waals surface area contributed by atoms with Crippen LogP contribution in [-0.2, 0) is 27.8 Å². The molecule has 33 heavy (non-hydrogen) atoms. The number of hydrogen-bond acceptors (Lipinski definition) is 7. The van der Waals surface area contributed by atoms with Crippen molar-refractivity contribution < 1.29 is 27.6 Å². The molecule has 1 amide bonds. The zero-order chi connectivity index (χ0) is 23.8. The fourth-order valence-electron chi connectivity index (χ4n) is 3.22. The van der Waals surface area contributed by atoms with Gasteiger partial charge in [-0.25, -0.2) is 4.98 Å². The zero-order valence-electron chi connectivity index (χ0n) is 19.2. The first-order valence-electron chi connectivity index (χ1n) is 10.4. The Hall–Kier alpha value is -3.33. The van der Waals surface area contributed by atoms with Crippen molar-refractivity contribution in [3.8, 4) is 28.7 Å². The first kappa shape index (κ1) is 24.3. The third kappa shape index (κ3) is 6.58. The third-order valence-electron chi connectivity index (χ3n) is 4.98. The average molecular weight is 473 g/mol. The molecule has 0 unspecified atom stereocenters. The molecule has 1 N–H and O–H groups in total. The molecule has 1 heterocycles. The smallest absolute Gasteiger partial charge is 0.232 e. The summed E-state index contributed by atoms with van der Waals surface area (Å²) >= 11 is 0. The van der Waals surface area contributed by atoms with Gasteiger partial charge in [0.2, 0.25) is 11.8 Å². The van der Waals surface area contributed by atoms with Crippen molar-refractivity contribution >= 4 is 16.7 Å². The number of rotatable bonds is 11. The molecule has 9 heteroatoms. The molecule has 0 bridgehead atoms. The number of benzene rings is 2. The molecule has 1 atom stereocenters. The summed E-state index contributed by atoms with van der Waals surface area (Å²) in [5.74, 6) is 2.75. The average Bonchev–Trinajstić information content (AvgIpc) is 3.18. The van der Waals surface area contributed by atoms with E-state index in [0.717, 1.165) is 11.1 Å². The third-order valence-corrected chi connectivity index (χ3v) is 6.16. The largest absolute Gasteiger partial charge is 0.497 e. The van der Waals surface area contributed by atoms with Crippen LogP contribution >= 0.6 is 0 Å². The second-order valence-corrected chi connectivity index (χ2v) is 8.73. The molecule has 0 fully saturated rings. The van der Waals surface area contributed by atoms with Crippen LogP contribution in [0, 0.1) is 6.92 Å². The lowest BCUT2D eigenvalue weighted by molar-refractivity contribution is -0.118. The molecule has 3 aromatic rings. The molecular weight excluding hydrogens is 444 g/mol. The van der Waals surface area contributed by atoms with Gasteiger partial charge < -0.3 is 23.9 Å². The van der Waals surface area contributed by atoms with Crippen LogP contribution < -0.4 is 19.5 Å². The van der Waals surface area contributed by atoms with E-state index in [-0.39, 0.29) is 17.4 Å². The standard InChI is InChI=1S/C24H28N2O6S/c1-16-20(26-24(32-16)18-6-5-7-19(13-18)29-2)14-33(28)15-23(27)25-11-10-17-8-9-21(30-3)22(12-17)31-4/h5-9,12-13H,10-11,14-15H2,1-4H3,(H,25,27)/t33-/m1/s1. The molecular formula is C24H28N2O6S. The molecule has 3 rings (SSSR count). The van der Waals surface area contributed by atoms with Gasteiger partial charge in [-0.2, -0.15) is 0 Å². The molecule has 0 aliphatic carbocycles. The van der Waals surface area contributed by atoms with Crippen molar-refractivity contribution in [3.63, 3.8) is 0 Å². The van der Waals surface area contributed by atoms with E-state index >= 15 is 0 Å². The Kier molecular flexibility index (Phi) is 8.48. The van der Waals surface area contributed by atoms with Crippen molar-refractivity contribution in [2.24, 2.45) is 0 Å². The van der Waals surface area contributed by atoms with Gasteiger partial charge in [0, 0.05) is 22.9 Å². The SMILES string of the molecule is COc1cccc(-c2nc(C[S@@](=O)CC(=O)NCCc3ccc(OC)c(OC)c3)c(C)o2)c1. The lowest BCUT2D eigenvalue weighted by Gasteiger charge is -2.10. The van der Waals surface area contributed by atoms with E-state index in [9.17, 15) is 9.00 Å². The number of carbonyl (C=O) groups is 1. The molecule has 0 radical (unpaired) electrons. The summed E-state index contributed by atoms with van der Waals surface area (Å²) in [6.45, 7) is 2.20. The maximum Gasteiger partial charge on any atom is 0.232 e. The van der Waals surface area contributed by atoms with Crippen LogP contribution in [0.3, 0.4) is 0 Å². The molecule has 0 saturated heterocycles. The second-order valence-electron chi connectivity index (χ2n) is 7.27. The molecule has 0 spiro atoms. The Morgan fingerprint density at radius 1 is 1.06 bits per heavy atom. The monoisotopic (exact) mass is 472 g/mol. The predicted octanol–water partition coefficient (Wildman–Crippen LogP) is 3.28. The molecule has 0 saturated carbocycles. The van der Waals surface area contributed by atoms with E-state index in [1.807, 2.05) is 42.5 Å². The maximum atomic E-state index is 12.5. The number of hydrogen-bond donors (Lipinski definition) is 1. The molecule has 176 valence electrons. The van der Waals surface area contributed by atoms with Crippen LogP contribution in [0.15, 0.2) is 46.9 Å². The summed E-state index contributed by atoms with van der Waals surface area (Å²) in [6.07, 6.45) is 0.616. The van der Waals surface area contributed by atoms with Gasteiger partial charge >= 0.3 is 0 Å². The van der Waals surface area contributed by atoms with Gasteiger partial charge in [0.1, 0.15) is 17.3 Å². The van der Waals surface area contributed by atoms with E-state index in [1.165, 1.54) is 0 Å². The van der Waals surface area contributed by atoms with Crippen molar-refractivity contribution in [1.29, 1.82) is 0 Å². The van der Waals surface area contributed by atoms with E-state index in [1.54, 1.807) is 28.3 Å².